The second kappa shape index (κ2) is 10.2. The minimum Gasteiger partial charge on any atom is -0.457 e. The number of amides is 1. The van der Waals surface area contributed by atoms with Crippen molar-refractivity contribution < 1.29 is 9.53 Å². The van der Waals surface area contributed by atoms with Crippen LogP contribution in [0, 0.1) is 0 Å². The van der Waals surface area contributed by atoms with Crippen molar-refractivity contribution in [2.75, 3.05) is 18.5 Å². The maximum atomic E-state index is 11.9. The summed E-state index contributed by atoms with van der Waals surface area (Å²) in [5, 5.41) is 7.26. The third-order valence-electron chi connectivity index (χ3n) is 5.88. The molecule has 0 bridgehead atoms. The second-order valence-corrected chi connectivity index (χ2v) is 9.27. The van der Waals surface area contributed by atoms with E-state index in [1.54, 1.807) is 36.7 Å². The van der Waals surface area contributed by atoms with Gasteiger partial charge in [0.15, 0.2) is 5.13 Å². The highest BCUT2D eigenvalue weighted by molar-refractivity contribution is 7.22. The Morgan fingerprint density at radius 3 is 2.79 bits per heavy atom. The zero-order chi connectivity index (χ0) is 23.3. The van der Waals surface area contributed by atoms with Crippen molar-refractivity contribution in [1.29, 1.82) is 0 Å². The number of hydrogen-bond donors (Lipinski definition) is 2. The molecule has 1 unspecified atom stereocenters. The molecule has 2 aromatic carbocycles. The fourth-order valence-corrected chi connectivity index (χ4v) is 5.18. The molecular weight excluding hydrogens is 446 g/mol. The van der Waals surface area contributed by atoms with E-state index in [2.05, 4.69) is 44.8 Å². The number of nitrogens with one attached hydrogen (secondary N) is 2. The highest BCUT2D eigenvalue weighted by Gasteiger charge is 2.24. The van der Waals surface area contributed by atoms with Crippen LogP contribution in [0.5, 0.6) is 11.5 Å². The van der Waals surface area contributed by atoms with Gasteiger partial charge in [-0.05, 0) is 49.6 Å². The van der Waals surface area contributed by atoms with Crippen LogP contribution in [0.1, 0.15) is 35.3 Å². The smallest absolute Gasteiger partial charge is 0.269 e. The van der Waals surface area contributed by atoms with Crippen LogP contribution in [0.3, 0.4) is 0 Å². The van der Waals surface area contributed by atoms with Gasteiger partial charge in [-0.15, -0.1) is 0 Å². The highest BCUT2D eigenvalue weighted by atomic mass is 32.1. The monoisotopic (exact) mass is 473 g/mol. The number of carbonyl (C=O) groups excluding carboxylic acids is 1. The highest BCUT2D eigenvalue weighted by Crippen LogP contribution is 2.35. The molecule has 2 aromatic heterocycles. The van der Waals surface area contributed by atoms with E-state index in [0.717, 1.165) is 34.9 Å². The molecule has 0 radical (unpaired) electrons. The molecule has 3 heterocycles. The van der Waals surface area contributed by atoms with Crippen molar-refractivity contribution >= 4 is 32.6 Å². The van der Waals surface area contributed by atoms with Gasteiger partial charge in [-0.3, -0.25) is 15.1 Å². The largest absolute Gasteiger partial charge is 0.457 e. The Balaban J connectivity index is 1.41. The Morgan fingerprint density at radius 2 is 2.00 bits per heavy atom. The zero-order valence-electron chi connectivity index (χ0n) is 19.0. The van der Waals surface area contributed by atoms with Crippen molar-refractivity contribution in [3.05, 3.63) is 78.1 Å². The van der Waals surface area contributed by atoms with Crippen LogP contribution < -0.4 is 20.3 Å². The number of ether oxygens (including phenoxy) is 1. The molecule has 1 saturated heterocycles. The van der Waals surface area contributed by atoms with Gasteiger partial charge in [-0.2, -0.15) is 0 Å². The maximum Gasteiger partial charge on any atom is 0.269 e. The van der Waals surface area contributed by atoms with Crippen LogP contribution in [0.15, 0.2) is 66.9 Å². The Bertz CT molecular complexity index is 1270. The molecule has 1 atom stereocenters. The summed E-state index contributed by atoms with van der Waals surface area (Å²) in [6, 6.07) is 19.8. The summed E-state index contributed by atoms with van der Waals surface area (Å²) in [4.78, 5) is 23.3. The van der Waals surface area contributed by atoms with E-state index in [1.807, 2.05) is 24.3 Å². The number of benzene rings is 2. The van der Waals surface area contributed by atoms with E-state index in [0.29, 0.717) is 17.2 Å². The third kappa shape index (κ3) is 5.03. The van der Waals surface area contributed by atoms with E-state index in [9.17, 15) is 4.79 Å². The van der Waals surface area contributed by atoms with Gasteiger partial charge in [0, 0.05) is 31.9 Å². The first kappa shape index (κ1) is 22.3. The first-order valence-electron chi connectivity index (χ1n) is 11.5. The molecule has 34 heavy (non-hydrogen) atoms. The van der Waals surface area contributed by atoms with Gasteiger partial charge < -0.3 is 15.0 Å². The number of nitrogens with zero attached hydrogens (tertiary/aromatic N) is 3. The molecule has 0 spiro atoms. The molecule has 4 aromatic rings. The number of anilines is 1. The lowest BCUT2D eigenvalue weighted by atomic mass is 10.1. The number of piperidine rings is 1. The standard InChI is InChI=1S/C26H27N5O2S/c1-27-25(32)22-15-20(12-14-28-22)33-19-10-11-21-23(16-19)34-26(30-21)31(24-9-5-6-13-29-24)17-18-7-3-2-4-8-18/h2-4,7-8,10-12,14-16,24,29H,5-6,9,13,17H2,1H3,(H,27,32). The van der Waals surface area contributed by atoms with Crippen LogP contribution >= 0.6 is 11.3 Å². The Kier molecular flexibility index (Phi) is 6.69. The Hall–Kier alpha value is -3.49. The molecule has 1 amide bonds. The lowest BCUT2D eigenvalue weighted by Crippen LogP contribution is -2.48. The van der Waals surface area contributed by atoms with Gasteiger partial charge >= 0.3 is 0 Å². The summed E-state index contributed by atoms with van der Waals surface area (Å²) in [6.45, 7) is 1.84. The van der Waals surface area contributed by atoms with E-state index < -0.39 is 0 Å². The first-order chi connectivity index (χ1) is 16.7. The van der Waals surface area contributed by atoms with Crippen LogP contribution in [0.25, 0.3) is 10.2 Å². The minimum atomic E-state index is -0.247. The summed E-state index contributed by atoms with van der Waals surface area (Å²) in [5.41, 5.74) is 2.53. The maximum absolute atomic E-state index is 11.9. The summed E-state index contributed by atoms with van der Waals surface area (Å²) >= 11 is 1.67. The third-order valence-corrected chi connectivity index (χ3v) is 6.93. The SMILES string of the molecule is CNC(=O)c1cc(Oc2ccc3nc(N(Cc4ccccc4)C4CCCCN4)sc3c2)ccn1. The number of fused-ring (bicyclic) bond motifs is 1. The Labute approximate surface area is 202 Å². The summed E-state index contributed by atoms with van der Waals surface area (Å²) in [7, 11) is 1.58. The van der Waals surface area contributed by atoms with Gasteiger partial charge in [0.2, 0.25) is 0 Å². The van der Waals surface area contributed by atoms with E-state index in [1.165, 1.54) is 18.4 Å². The van der Waals surface area contributed by atoms with Crippen molar-refractivity contribution in [3.63, 3.8) is 0 Å². The van der Waals surface area contributed by atoms with Crippen molar-refractivity contribution in [2.45, 2.75) is 32.0 Å². The summed E-state index contributed by atoms with van der Waals surface area (Å²) in [6.07, 6.45) is 5.38. The average Bonchev–Trinajstić information content (AvgIpc) is 3.31. The van der Waals surface area contributed by atoms with Crippen molar-refractivity contribution in [3.8, 4) is 11.5 Å². The molecule has 2 N–H and O–H groups in total. The number of rotatable bonds is 7. The van der Waals surface area contributed by atoms with Crippen LogP contribution in [-0.4, -0.2) is 35.6 Å². The molecule has 5 rings (SSSR count). The van der Waals surface area contributed by atoms with Crippen LogP contribution in [0.2, 0.25) is 0 Å². The predicted molar refractivity (Wildman–Crippen MR) is 136 cm³/mol. The number of hydrogen-bond acceptors (Lipinski definition) is 7. The lowest BCUT2D eigenvalue weighted by molar-refractivity contribution is 0.0958. The van der Waals surface area contributed by atoms with Gasteiger partial charge in [0.1, 0.15) is 17.2 Å². The topological polar surface area (TPSA) is 79.4 Å². The molecule has 1 fully saturated rings. The summed E-state index contributed by atoms with van der Waals surface area (Å²) in [5.74, 6) is 1.01. The fraction of sp³-hybridized carbons (Fsp3) is 0.269. The van der Waals surface area contributed by atoms with Gasteiger partial charge in [-0.1, -0.05) is 41.7 Å². The van der Waals surface area contributed by atoms with Crippen molar-refractivity contribution in [1.82, 2.24) is 20.6 Å². The molecular formula is C26H27N5O2S. The number of aromatic nitrogens is 2. The molecule has 174 valence electrons. The fourth-order valence-electron chi connectivity index (χ4n) is 4.13. The van der Waals surface area contributed by atoms with E-state index in [-0.39, 0.29) is 12.1 Å². The van der Waals surface area contributed by atoms with Crippen LogP contribution in [0.4, 0.5) is 5.13 Å². The van der Waals surface area contributed by atoms with Gasteiger partial charge in [0.25, 0.3) is 5.91 Å². The molecule has 1 aliphatic rings. The van der Waals surface area contributed by atoms with Gasteiger partial charge in [-0.25, -0.2) is 4.98 Å². The minimum absolute atomic E-state index is 0.247. The van der Waals surface area contributed by atoms with Crippen molar-refractivity contribution in [2.24, 2.45) is 0 Å². The molecule has 8 heteroatoms. The normalized spacial score (nSPS) is 15.7. The molecule has 0 saturated carbocycles. The molecule has 1 aliphatic heterocycles. The molecule has 0 aliphatic carbocycles. The summed E-state index contributed by atoms with van der Waals surface area (Å²) < 4.78 is 7.09. The molecule has 7 nitrogen and oxygen atoms in total. The first-order valence-corrected chi connectivity index (χ1v) is 12.3. The van der Waals surface area contributed by atoms with E-state index >= 15 is 0 Å². The van der Waals surface area contributed by atoms with E-state index in [4.69, 9.17) is 9.72 Å². The zero-order valence-corrected chi connectivity index (χ0v) is 19.8. The van der Waals surface area contributed by atoms with Gasteiger partial charge in [0.05, 0.1) is 16.4 Å². The number of carbonyl (C=O) groups is 1. The number of thiazole rings is 1. The Morgan fingerprint density at radius 1 is 1.15 bits per heavy atom. The number of pyridine rings is 1. The second-order valence-electron chi connectivity index (χ2n) is 8.26. The predicted octanol–water partition coefficient (Wildman–Crippen LogP) is 4.95. The lowest BCUT2D eigenvalue weighted by Gasteiger charge is -2.35. The average molecular weight is 474 g/mol. The quantitative estimate of drug-likeness (QED) is 0.395. The van der Waals surface area contributed by atoms with Crippen LogP contribution in [-0.2, 0) is 6.54 Å².